The van der Waals surface area contributed by atoms with E-state index in [-0.39, 0.29) is 12.3 Å². The molecular weight excluding hydrogens is 354 g/mol. The van der Waals surface area contributed by atoms with Crippen molar-refractivity contribution in [1.29, 1.82) is 0 Å². The molecule has 3 heteroatoms. The number of benzene rings is 2. The molecule has 29 heavy (non-hydrogen) atoms. The first-order valence-corrected chi connectivity index (χ1v) is 9.83. The van der Waals surface area contributed by atoms with Gasteiger partial charge in [-0.2, -0.15) is 0 Å². The van der Waals surface area contributed by atoms with Crippen LogP contribution < -0.4 is 11.1 Å². The van der Waals surface area contributed by atoms with Crippen LogP contribution >= 0.6 is 0 Å². The van der Waals surface area contributed by atoms with Crippen molar-refractivity contribution >= 4 is 11.8 Å². The predicted octanol–water partition coefficient (Wildman–Crippen LogP) is 6.11. The number of nitrogens with one attached hydrogen (secondary N) is 1. The van der Waals surface area contributed by atoms with Gasteiger partial charge < -0.3 is 5.73 Å². The molecule has 0 aliphatic rings. The van der Waals surface area contributed by atoms with Crippen LogP contribution in [0.25, 0.3) is 5.57 Å². The molecule has 150 valence electrons. The van der Waals surface area contributed by atoms with Crippen molar-refractivity contribution in [3.63, 3.8) is 0 Å². The van der Waals surface area contributed by atoms with E-state index in [1.54, 1.807) is 6.21 Å². The Morgan fingerprint density at radius 2 is 1.69 bits per heavy atom. The van der Waals surface area contributed by atoms with Gasteiger partial charge in [-0.1, -0.05) is 91.1 Å². The minimum Gasteiger partial charge on any atom is -0.312 e. The van der Waals surface area contributed by atoms with Gasteiger partial charge in [-0.25, -0.2) is 0 Å². The fraction of sp³-hybridized carbons (Fsp3) is 0.192. The number of aliphatic imine (C=N–C) groups is 1. The Labute approximate surface area is 175 Å². The molecule has 2 rings (SSSR count). The average molecular weight is 386 g/mol. The van der Waals surface area contributed by atoms with Crippen LogP contribution in [0, 0.1) is 0 Å². The lowest BCUT2D eigenvalue weighted by Crippen LogP contribution is -2.32. The molecule has 0 saturated carbocycles. The standard InChI is InChI=1S/C26H31N3/c1-5-21(4)23-17-11-12-18-24(23)26(28-19-13-7-8-14-20(2)3)29-25(27)22-15-9-6-10-16-22/h5-19,25-26,29H,2,27H2,1,3-4H3/b13-7+,14-8-,21-5+,28-19+. The summed E-state index contributed by atoms with van der Waals surface area (Å²) in [5, 5.41) is 3.46. The van der Waals surface area contributed by atoms with Gasteiger partial charge in [0.15, 0.2) is 0 Å². The first kappa shape index (κ1) is 22.3. The topological polar surface area (TPSA) is 50.4 Å². The molecule has 2 aromatic rings. The molecule has 0 amide bonds. The highest BCUT2D eigenvalue weighted by Gasteiger charge is 2.17. The van der Waals surface area contributed by atoms with Gasteiger partial charge in [0.25, 0.3) is 0 Å². The number of hydrogen-bond donors (Lipinski definition) is 2. The highest BCUT2D eigenvalue weighted by molar-refractivity contribution is 5.72. The number of allylic oxidation sites excluding steroid dienone is 7. The molecule has 0 aliphatic heterocycles. The summed E-state index contributed by atoms with van der Waals surface area (Å²) < 4.78 is 0. The summed E-state index contributed by atoms with van der Waals surface area (Å²) in [5.41, 5.74) is 11.9. The van der Waals surface area contributed by atoms with Crippen molar-refractivity contribution in [2.45, 2.75) is 33.1 Å². The third-order valence-electron chi connectivity index (χ3n) is 4.53. The molecule has 3 N–H and O–H groups in total. The molecule has 0 aliphatic carbocycles. The van der Waals surface area contributed by atoms with Crippen LogP contribution in [-0.2, 0) is 0 Å². The van der Waals surface area contributed by atoms with Crippen molar-refractivity contribution in [3.05, 3.63) is 114 Å². The van der Waals surface area contributed by atoms with Crippen molar-refractivity contribution in [3.8, 4) is 0 Å². The quantitative estimate of drug-likeness (QED) is 0.311. The highest BCUT2D eigenvalue weighted by Crippen LogP contribution is 2.27. The maximum Gasteiger partial charge on any atom is 0.127 e. The molecule has 2 unspecified atom stereocenters. The van der Waals surface area contributed by atoms with Gasteiger partial charge in [0.05, 0.1) is 6.17 Å². The van der Waals surface area contributed by atoms with Gasteiger partial charge in [0, 0.05) is 6.21 Å². The Hall–Kier alpha value is -3.01. The van der Waals surface area contributed by atoms with E-state index in [4.69, 9.17) is 10.7 Å². The molecule has 0 aromatic heterocycles. The van der Waals surface area contributed by atoms with Gasteiger partial charge in [-0.3, -0.25) is 10.3 Å². The third-order valence-corrected chi connectivity index (χ3v) is 4.53. The second-order valence-electron chi connectivity index (χ2n) is 6.91. The lowest BCUT2D eigenvalue weighted by molar-refractivity contribution is 0.466. The monoisotopic (exact) mass is 385 g/mol. The Morgan fingerprint density at radius 3 is 2.38 bits per heavy atom. The summed E-state index contributed by atoms with van der Waals surface area (Å²) in [5.74, 6) is 0. The summed E-state index contributed by atoms with van der Waals surface area (Å²) in [6, 6.07) is 18.3. The van der Waals surface area contributed by atoms with Crippen LogP contribution in [0.1, 0.15) is 49.8 Å². The zero-order chi connectivity index (χ0) is 21.1. The van der Waals surface area contributed by atoms with Gasteiger partial charge in [0.2, 0.25) is 0 Å². The van der Waals surface area contributed by atoms with E-state index in [0.29, 0.717) is 0 Å². The van der Waals surface area contributed by atoms with Crippen LogP contribution in [0.15, 0.2) is 102 Å². The van der Waals surface area contributed by atoms with Crippen LogP contribution in [0.3, 0.4) is 0 Å². The van der Waals surface area contributed by atoms with Crippen LogP contribution in [-0.4, -0.2) is 6.21 Å². The van der Waals surface area contributed by atoms with Crippen molar-refractivity contribution < 1.29 is 0 Å². The molecule has 0 fully saturated rings. The van der Waals surface area contributed by atoms with E-state index >= 15 is 0 Å². The average Bonchev–Trinajstić information content (AvgIpc) is 2.75. The first-order chi connectivity index (χ1) is 14.0. The summed E-state index contributed by atoms with van der Waals surface area (Å²) in [6.07, 6.45) is 11.1. The van der Waals surface area contributed by atoms with E-state index < -0.39 is 0 Å². The van der Waals surface area contributed by atoms with Gasteiger partial charge >= 0.3 is 0 Å². The second kappa shape index (κ2) is 11.7. The highest BCUT2D eigenvalue weighted by atomic mass is 15.1. The van der Waals surface area contributed by atoms with Crippen molar-refractivity contribution in [2.75, 3.05) is 0 Å². The van der Waals surface area contributed by atoms with Crippen LogP contribution in [0.5, 0.6) is 0 Å². The Kier molecular flexibility index (Phi) is 9.03. The zero-order valence-corrected chi connectivity index (χ0v) is 17.5. The Balaban J connectivity index is 2.32. The van der Waals surface area contributed by atoms with E-state index in [1.807, 2.05) is 80.6 Å². The number of nitrogens with zero attached hydrogens (tertiary/aromatic N) is 1. The van der Waals surface area contributed by atoms with E-state index in [0.717, 1.165) is 22.3 Å². The largest absolute Gasteiger partial charge is 0.312 e. The maximum absolute atomic E-state index is 6.44. The molecule has 0 heterocycles. The fourth-order valence-electron chi connectivity index (χ4n) is 2.86. The second-order valence-corrected chi connectivity index (χ2v) is 6.91. The van der Waals surface area contributed by atoms with Gasteiger partial charge in [-0.05, 0) is 49.1 Å². The van der Waals surface area contributed by atoms with Crippen molar-refractivity contribution in [2.24, 2.45) is 10.7 Å². The molecule has 0 bridgehead atoms. The fourth-order valence-corrected chi connectivity index (χ4v) is 2.86. The molecular formula is C26H31N3. The van der Waals surface area contributed by atoms with Crippen molar-refractivity contribution in [1.82, 2.24) is 5.32 Å². The summed E-state index contributed by atoms with van der Waals surface area (Å²) >= 11 is 0. The minimum absolute atomic E-state index is 0.272. The summed E-state index contributed by atoms with van der Waals surface area (Å²) in [4.78, 5) is 4.77. The molecule has 0 saturated heterocycles. The lowest BCUT2D eigenvalue weighted by Gasteiger charge is -2.23. The Bertz CT molecular complexity index is 905. The van der Waals surface area contributed by atoms with E-state index in [1.165, 1.54) is 5.57 Å². The van der Waals surface area contributed by atoms with E-state index in [2.05, 4.69) is 37.0 Å². The lowest BCUT2D eigenvalue weighted by atomic mass is 9.98. The zero-order valence-electron chi connectivity index (χ0n) is 17.5. The smallest absolute Gasteiger partial charge is 0.127 e. The number of hydrogen-bond acceptors (Lipinski definition) is 3. The SMILES string of the molecule is C=C(C)\C=C/C=C/C=N/C(NC(N)c1ccccc1)c1ccccc1/C(C)=C/C. The predicted molar refractivity (Wildman–Crippen MR) is 127 cm³/mol. The molecule has 2 atom stereocenters. The molecule has 0 spiro atoms. The molecule has 2 aromatic carbocycles. The van der Waals surface area contributed by atoms with Crippen LogP contribution in [0.4, 0.5) is 0 Å². The first-order valence-electron chi connectivity index (χ1n) is 9.83. The molecule has 0 radical (unpaired) electrons. The summed E-state index contributed by atoms with van der Waals surface area (Å²) in [7, 11) is 0. The number of nitrogens with two attached hydrogens (primary N) is 1. The molecule has 3 nitrogen and oxygen atoms in total. The maximum atomic E-state index is 6.44. The summed E-state index contributed by atoms with van der Waals surface area (Å²) in [6.45, 7) is 9.97. The minimum atomic E-state index is -0.329. The van der Waals surface area contributed by atoms with Gasteiger partial charge in [0.1, 0.15) is 6.17 Å². The third kappa shape index (κ3) is 7.15. The van der Waals surface area contributed by atoms with E-state index in [9.17, 15) is 0 Å². The van der Waals surface area contributed by atoms with Crippen LogP contribution in [0.2, 0.25) is 0 Å². The number of rotatable bonds is 9. The normalized spacial score (nSPS) is 14.7. The van der Waals surface area contributed by atoms with Gasteiger partial charge in [-0.15, -0.1) is 0 Å². The Morgan fingerprint density at radius 1 is 1.00 bits per heavy atom.